The summed E-state index contributed by atoms with van der Waals surface area (Å²) >= 11 is 12.1. The Bertz CT molecular complexity index is 482. The molecule has 3 heteroatoms. The monoisotopic (exact) mass is 295 g/mol. The van der Waals surface area contributed by atoms with Crippen LogP contribution in [0.2, 0.25) is 10.0 Å². The van der Waals surface area contributed by atoms with Gasteiger partial charge in [-0.2, -0.15) is 5.26 Å². The average molecular weight is 296 g/mol. The van der Waals surface area contributed by atoms with E-state index in [2.05, 4.69) is 13.0 Å². The number of nitriles is 1. The number of halogens is 2. The van der Waals surface area contributed by atoms with Crippen molar-refractivity contribution in [2.75, 3.05) is 0 Å². The summed E-state index contributed by atoms with van der Waals surface area (Å²) in [5, 5.41) is 10.9. The second-order valence-electron chi connectivity index (χ2n) is 5.66. The lowest BCUT2D eigenvalue weighted by Crippen LogP contribution is -2.28. The van der Waals surface area contributed by atoms with E-state index in [-0.39, 0.29) is 5.41 Å². The zero-order valence-corrected chi connectivity index (χ0v) is 12.8. The molecule has 0 aliphatic heterocycles. The van der Waals surface area contributed by atoms with E-state index in [1.807, 2.05) is 12.1 Å². The number of rotatable bonds is 3. The highest BCUT2D eigenvalue weighted by molar-refractivity contribution is 6.35. The molecule has 0 unspecified atom stereocenters. The highest BCUT2D eigenvalue weighted by Gasteiger charge is 2.35. The first-order valence-electron chi connectivity index (χ1n) is 6.94. The van der Waals surface area contributed by atoms with E-state index in [9.17, 15) is 5.26 Å². The molecule has 1 aromatic carbocycles. The van der Waals surface area contributed by atoms with Crippen molar-refractivity contribution in [2.45, 2.75) is 45.4 Å². The maximum absolute atomic E-state index is 9.59. The molecule has 0 spiro atoms. The zero-order chi connectivity index (χ0) is 13.9. The van der Waals surface area contributed by atoms with Gasteiger partial charge in [0.2, 0.25) is 0 Å². The summed E-state index contributed by atoms with van der Waals surface area (Å²) in [4.78, 5) is 0. The maximum Gasteiger partial charge on any atom is 0.0693 e. The third-order valence-electron chi connectivity index (χ3n) is 4.42. The van der Waals surface area contributed by atoms with E-state index in [1.165, 1.54) is 6.42 Å². The first-order chi connectivity index (χ1) is 9.08. The van der Waals surface area contributed by atoms with Crippen LogP contribution in [0.5, 0.6) is 0 Å². The van der Waals surface area contributed by atoms with Gasteiger partial charge in [0, 0.05) is 10.0 Å². The molecular formula is C16H19Cl2N. The lowest BCUT2D eigenvalue weighted by Gasteiger charge is -2.35. The van der Waals surface area contributed by atoms with Crippen molar-refractivity contribution in [3.05, 3.63) is 33.8 Å². The minimum Gasteiger partial charge on any atom is -0.198 e. The van der Waals surface area contributed by atoms with Crippen LogP contribution in [0.25, 0.3) is 0 Å². The van der Waals surface area contributed by atoms with E-state index in [4.69, 9.17) is 23.2 Å². The van der Waals surface area contributed by atoms with Crippen LogP contribution >= 0.6 is 23.2 Å². The fraction of sp³-hybridized carbons (Fsp3) is 0.562. The van der Waals surface area contributed by atoms with Crippen molar-refractivity contribution in [2.24, 2.45) is 11.3 Å². The Hall–Kier alpha value is -0.710. The van der Waals surface area contributed by atoms with Gasteiger partial charge in [-0.15, -0.1) is 0 Å². The van der Waals surface area contributed by atoms with Gasteiger partial charge in [-0.25, -0.2) is 0 Å². The predicted octanol–water partition coefficient (Wildman–Crippen LogP) is 5.65. The Labute approximate surface area is 125 Å². The summed E-state index contributed by atoms with van der Waals surface area (Å²) in [5.41, 5.74) is 0.811. The third kappa shape index (κ3) is 3.44. The van der Waals surface area contributed by atoms with E-state index in [1.54, 1.807) is 6.07 Å². The Balaban J connectivity index is 2.13. The van der Waals surface area contributed by atoms with E-state index < -0.39 is 0 Å². The van der Waals surface area contributed by atoms with Crippen LogP contribution in [0.1, 0.15) is 44.6 Å². The van der Waals surface area contributed by atoms with Gasteiger partial charge < -0.3 is 0 Å². The molecule has 1 aromatic rings. The largest absolute Gasteiger partial charge is 0.198 e. The highest BCUT2D eigenvalue weighted by Crippen LogP contribution is 2.43. The molecule has 1 saturated carbocycles. The van der Waals surface area contributed by atoms with E-state index in [0.717, 1.165) is 43.6 Å². The smallest absolute Gasteiger partial charge is 0.0693 e. The molecule has 1 aliphatic rings. The van der Waals surface area contributed by atoms with Gasteiger partial charge in [0.25, 0.3) is 0 Å². The molecule has 0 saturated heterocycles. The minimum absolute atomic E-state index is 0.233. The number of benzene rings is 1. The van der Waals surface area contributed by atoms with Gasteiger partial charge in [-0.05, 0) is 55.7 Å². The van der Waals surface area contributed by atoms with Gasteiger partial charge in [0.05, 0.1) is 11.5 Å². The molecule has 0 aromatic heterocycles. The van der Waals surface area contributed by atoms with Crippen molar-refractivity contribution < 1.29 is 0 Å². The quantitative estimate of drug-likeness (QED) is 0.707. The summed E-state index contributed by atoms with van der Waals surface area (Å²) in [7, 11) is 0. The second kappa shape index (κ2) is 6.16. The van der Waals surface area contributed by atoms with E-state index >= 15 is 0 Å². The van der Waals surface area contributed by atoms with Gasteiger partial charge in [0.1, 0.15) is 0 Å². The Morgan fingerprint density at radius 3 is 2.53 bits per heavy atom. The lowest BCUT2D eigenvalue weighted by atomic mass is 9.68. The molecule has 0 N–H and O–H groups in total. The molecule has 0 atom stereocenters. The van der Waals surface area contributed by atoms with Crippen molar-refractivity contribution >= 4 is 23.2 Å². The Morgan fingerprint density at radius 2 is 2.00 bits per heavy atom. The van der Waals surface area contributed by atoms with Crippen molar-refractivity contribution in [3.63, 3.8) is 0 Å². The van der Waals surface area contributed by atoms with Crippen molar-refractivity contribution in [1.29, 1.82) is 5.26 Å². The molecule has 0 bridgehead atoms. The highest BCUT2D eigenvalue weighted by atomic mass is 35.5. The normalized spacial score (nSPS) is 26.9. The zero-order valence-electron chi connectivity index (χ0n) is 11.3. The molecule has 102 valence electrons. The molecule has 1 nitrogen and oxygen atoms in total. The van der Waals surface area contributed by atoms with Crippen LogP contribution < -0.4 is 0 Å². The summed E-state index contributed by atoms with van der Waals surface area (Å²) in [6, 6.07) is 8.13. The molecule has 0 heterocycles. The molecule has 0 amide bonds. The van der Waals surface area contributed by atoms with Crippen molar-refractivity contribution in [1.82, 2.24) is 0 Å². The van der Waals surface area contributed by atoms with Gasteiger partial charge >= 0.3 is 0 Å². The van der Waals surface area contributed by atoms with Gasteiger partial charge in [0.15, 0.2) is 0 Å². The fourth-order valence-electron chi connectivity index (χ4n) is 3.00. The van der Waals surface area contributed by atoms with Crippen molar-refractivity contribution in [3.8, 4) is 6.07 Å². The van der Waals surface area contributed by atoms with Crippen LogP contribution in [0.15, 0.2) is 18.2 Å². The first kappa shape index (κ1) is 14.7. The third-order valence-corrected chi connectivity index (χ3v) is 5.01. The fourth-order valence-corrected chi connectivity index (χ4v) is 3.47. The Kier molecular flexibility index (Phi) is 4.76. The first-order valence-corrected chi connectivity index (χ1v) is 7.69. The van der Waals surface area contributed by atoms with Gasteiger partial charge in [-0.3, -0.25) is 0 Å². The lowest BCUT2D eigenvalue weighted by molar-refractivity contribution is 0.205. The van der Waals surface area contributed by atoms with Gasteiger partial charge in [-0.1, -0.05) is 42.6 Å². The van der Waals surface area contributed by atoms with E-state index in [0.29, 0.717) is 10.0 Å². The predicted molar refractivity (Wildman–Crippen MR) is 80.5 cm³/mol. The summed E-state index contributed by atoms with van der Waals surface area (Å²) in [5.74, 6) is 0.794. The van der Waals surface area contributed by atoms with Crippen LogP contribution in [-0.4, -0.2) is 0 Å². The number of nitrogens with zero attached hydrogens (tertiary/aromatic N) is 1. The molecule has 19 heavy (non-hydrogen) atoms. The summed E-state index contributed by atoms with van der Waals surface area (Å²) in [6.45, 7) is 2.24. The second-order valence-corrected chi connectivity index (χ2v) is 6.50. The van der Waals surface area contributed by atoms with Crippen LogP contribution in [0, 0.1) is 22.7 Å². The standard InChI is InChI=1S/C16H19Cl2N/c1-2-12-5-7-16(11-19,8-6-12)10-13-3-4-14(17)9-15(13)18/h3-4,9,12H,2,5-8,10H2,1H3. The maximum atomic E-state index is 9.59. The van der Waals surface area contributed by atoms with Crippen LogP contribution in [0.4, 0.5) is 0 Å². The molecule has 2 rings (SSSR count). The number of hydrogen-bond donors (Lipinski definition) is 0. The molecular weight excluding hydrogens is 277 g/mol. The topological polar surface area (TPSA) is 23.8 Å². The van der Waals surface area contributed by atoms with Crippen LogP contribution in [-0.2, 0) is 6.42 Å². The average Bonchev–Trinajstić information content (AvgIpc) is 2.43. The molecule has 1 fully saturated rings. The number of hydrogen-bond acceptors (Lipinski definition) is 1. The SMILES string of the molecule is CCC1CCC(C#N)(Cc2ccc(Cl)cc2Cl)CC1. The summed E-state index contributed by atoms with van der Waals surface area (Å²) < 4.78 is 0. The molecule has 0 radical (unpaired) electrons. The van der Waals surface area contributed by atoms with Crippen LogP contribution in [0.3, 0.4) is 0 Å². The minimum atomic E-state index is -0.233. The molecule has 1 aliphatic carbocycles. The Morgan fingerprint density at radius 1 is 1.32 bits per heavy atom. The summed E-state index contributed by atoms with van der Waals surface area (Å²) in [6.07, 6.45) is 6.27.